The molecule has 3 aromatic rings. The van der Waals surface area contributed by atoms with Crippen molar-refractivity contribution in [1.29, 1.82) is 0 Å². The number of hydrogen-bond donors (Lipinski definition) is 1. The van der Waals surface area contributed by atoms with Gasteiger partial charge in [0, 0.05) is 10.6 Å². The van der Waals surface area contributed by atoms with E-state index in [2.05, 4.69) is 24.0 Å². The molecule has 2 aromatic carbocycles. The Labute approximate surface area is 191 Å². The maximum Gasteiger partial charge on any atom is 0.301 e. The van der Waals surface area contributed by atoms with Crippen molar-refractivity contribution in [2.24, 2.45) is 0 Å². The summed E-state index contributed by atoms with van der Waals surface area (Å²) >= 11 is 6.05. The molecular formula is C25H22ClN3O3. The summed E-state index contributed by atoms with van der Waals surface area (Å²) in [5.74, 6) is -1.24. The smallest absolute Gasteiger partial charge is 0.301 e. The Bertz CT molecular complexity index is 1200. The molecule has 1 fully saturated rings. The zero-order chi connectivity index (χ0) is 23.0. The van der Waals surface area contributed by atoms with Gasteiger partial charge in [-0.05, 0) is 48.2 Å². The average molecular weight is 448 g/mol. The van der Waals surface area contributed by atoms with Crippen molar-refractivity contribution < 1.29 is 14.7 Å². The number of nitrogens with zero attached hydrogens (tertiary/aromatic N) is 3. The predicted molar refractivity (Wildman–Crippen MR) is 124 cm³/mol. The number of aryl methyl sites for hydroxylation is 1. The van der Waals surface area contributed by atoms with Gasteiger partial charge in [-0.25, -0.2) is 0 Å². The third kappa shape index (κ3) is 3.89. The molecule has 162 valence electrons. The summed E-state index contributed by atoms with van der Waals surface area (Å²) in [6.07, 6.45) is 0. The molecule has 32 heavy (non-hydrogen) atoms. The van der Waals surface area contributed by atoms with E-state index in [1.54, 1.807) is 55.5 Å². The molecule has 2 heterocycles. The Morgan fingerprint density at radius 1 is 0.969 bits per heavy atom. The lowest BCUT2D eigenvalue weighted by molar-refractivity contribution is -0.132. The number of aromatic nitrogens is 2. The van der Waals surface area contributed by atoms with Gasteiger partial charge in [0.05, 0.1) is 17.3 Å². The Balaban J connectivity index is 1.90. The van der Waals surface area contributed by atoms with Gasteiger partial charge in [0.2, 0.25) is 0 Å². The zero-order valence-corrected chi connectivity index (χ0v) is 18.7. The highest BCUT2D eigenvalue weighted by Gasteiger charge is 2.47. The van der Waals surface area contributed by atoms with Crippen LogP contribution in [0.25, 0.3) is 5.76 Å². The first-order valence-corrected chi connectivity index (χ1v) is 10.6. The van der Waals surface area contributed by atoms with Crippen LogP contribution in [0.2, 0.25) is 5.02 Å². The van der Waals surface area contributed by atoms with Crippen molar-refractivity contribution in [1.82, 2.24) is 10.2 Å². The predicted octanol–water partition coefficient (Wildman–Crippen LogP) is 5.19. The molecular weight excluding hydrogens is 426 g/mol. The van der Waals surface area contributed by atoms with E-state index in [0.29, 0.717) is 27.8 Å². The third-order valence-corrected chi connectivity index (χ3v) is 5.76. The van der Waals surface area contributed by atoms with Gasteiger partial charge >= 0.3 is 5.91 Å². The first-order chi connectivity index (χ1) is 15.3. The summed E-state index contributed by atoms with van der Waals surface area (Å²) < 4.78 is 0. The second kappa shape index (κ2) is 8.55. The van der Waals surface area contributed by atoms with E-state index in [1.807, 2.05) is 12.1 Å². The third-order valence-electron chi connectivity index (χ3n) is 5.51. The highest BCUT2D eigenvalue weighted by Crippen LogP contribution is 2.41. The number of ketones is 1. The van der Waals surface area contributed by atoms with Crippen molar-refractivity contribution >= 4 is 34.9 Å². The highest BCUT2D eigenvalue weighted by molar-refractivity contribution is 6.51. The summed E-state index contributed by atoms with van der Waals surface area (Å²) in [4.78, 5) is 27.5. The van der Waals surface area contributed by atoms with Gasteiger partial charge in [-0.3, -0.25) is 14.5 Å². The molecule has 1 aliphatic rings. The SMILES string of the molecule is Cc1ccc(N2C(=O)C(=O)C(=C(O)c3ccc(C(C)C)cc3)C2c2ccc(Cl)cc2)nn1. The fourth-order valence-corrected chi connectivity index (χ4v) is 3.86. The average Bonchev–Trinajstić information content (AvgIpc) is 3.05. The van der Waals surface area contributed by atoms with E-state index < -0.39 is 17.7 Å². The molecule has 4 rings (SSSR count). The topological polar surface area (TPSA) is 83.4 Å². The quantitative estimate of drug-likeness (QED) is 0.338. The fraction of sp³-hybridized carbons (Fsp3) is 0.200. The van der Waals surface area contributed by atoms with E-state index in [0.717, 1.165) is 5.56 Å². The van der Waals surface area contributed by atoms with Gasteiger partial charge < -0.3 is 5.11 Å². The lowest BCUT2D eigenvalue weighted by Gasteiger charge is -2.24. The zero-order valence-electron chi connectivity index (χ0n) is 17.9. The van der Waals surface area contributed by atoms with Crippen LogP contribution in [0, 0.1) is 6.92 Å². The Morgan fingerprint density at radius 2 is 1.62 bits per heavy atom. The minimum atomic E-state index is -0.867. The van der Waals surface area contributed by atoms with Gasteiger partial charge in [-0.2, -0.15) is 5.10 Å². The first-order valence-electron chi connectivity index (χ1n) is 10.2. The molecule has 6 nitrogen and oxygen atoms in total. The summed E-state index contributed by atoms with van der Waals surface area (Å²) in [6, 6.07) is 16.6. The van der Waals surface area contributed by atoms with Gasteiger partial charge in [0.1, 0.15) is 5.76 Å². The Hall–Kier alpha value is -3.51. The number of amides is 1. The lowest BCUT2D eigenvalue weighted by Crippen LogP contribution is -2.30. The minimum Gasteiger partial charge on any atom is -0.507 e. The number of aliphatic hydroxyl groups excluding tert-OH is 1. The Kier molecular flexibility index (Phi) is 5.80. The molecule has 0 radical (unpaired) electrons. The maximum atomic E-state index is 13.1. The maximum absolute atomic E-state index is 13.1. The molecule has 1 aromatic heterocycles. The summed E-state index contributed by atoms with van der Waals surface area (Å²) in [5.41, 5.74) is 2.86. The van der Waals surface area contributed by atoms with Crippen LogP contribution in [0.5, 0.6) is 0 Å². The van der Waals surface area contributed by atoms with Crippen molar-refractivity contribution in [3.8, 4) is 0 Å². The van der Waals surface area contributed by atoms with Crippen LogP contribution in [0.15, 0.2) is 66.2 Å². The lowest BCUT2D eigenvalue weighted by atomic mass is 9.94. The number of hydrogen-bond acceptors (Lipinski definition) is 5. The van der Waals surface area contributed by atoms with Gasteiger partial charge in [0.15, 0.2) is 5.82 Å². The van der Waals surface area contributed by atoms with Crippen molar-refractivity contribution in [3.63, 3.8) is 0 Å². The monoisotopic (exact) mass is 447 g/mol. The molecule has 1 atom stereocenters. The van der Waals surface area contributed by atoms with Crippen molar-refractivity contribution in [2.75, 3.05) is 4.90 Å². The van der Waals surface area contributed by atoms with Gasteiger partial charge in [-0.15, -0.1) is 5.10 Å². The van der Waals surface area contributed by atoms with E-state index in [1.165, 1.54) is 4.90 Å². The molecule has 7 heteroatoms. The summed E-state index contributed by atoms with van der Waals surface area (Å²) in [6.45, 7) is 5.93. The number of aliphatic hydroxyl groups is 1. The van der Waals surface area contributed by atoms with Crippen LogP contribution in [0.4, 0.5) is 5.82 Å². The van der Waals surface area contributed by atoms with E-state index >= 15 is 0 Å². The van der Waals surface area contributed by atoms with Crippen LogP contribution in [0.3, 0.4) is 0 Å². The number of rotatable bonds is 4. The molecule has 1 N–H and O–H groups in total. The standard InChI is InChI=1S/C25H22ClN3O3/c1-14(2)16-5-7-18(8-6-16)23(30)21-22(17-9-11-19(26)12-10-17)29(25(32)24(21)31)20-13-4-15(3)27-28-20/h4-14,22,30H,1-3H3. The van der Waals surface area contributed by atoms with Crippen LogP contribution in [-0.4, -0.2) is 27.0 Å². The van der Waals surface area contributed by atoms with Gasteiger partial charge in [-0.1, -0.05) is 61.8 Å². The van der Waals surface area contributed by atoms with Gasteiger partial charge in [0.25, 0.3) is 5.78 Å². The molecule has 1 amide bonds. The van der Waals surface area contributed by atoms with Crippen LogP contribution in [0.1, 0.15) is 48.2 Å². The van der Waals surface area contributed by atoms with Crippen LogP contribution in [-0.2, 0) is 9.59 Å². The normalized spacial score (nSPS) is 17.9. The summed E-state index contributed by atoms with van der Waals surface area (Å²) in [5, 5.41) is 19.8. The number of anilines is 1. The van der Waals surface area contributed by atoms with E-state index in [9.17, 15) is 14.7 Å². The number of halogens is 1. The molecule has 0 saturated carbocycles. The van der Waals surface area contributed by atoms with Crippen LogP contribution < -0.4 is 4.90 Å². The minimum absolute atomic E-state index is 0.00278. The number of benzene rings is 2. The van der Waals surface area contributed by atoms with Crippen molar-refractivity contribution in [2.45, 2.75) is 32.7 Å². The molecule has 0 bridgehead atoms. The molecule has 1 aliphatic heterocycles. The molecule has 0 spiro atoms. The second-order valence-electron chi connectivity index (χ2n) is 8.03. The number of carbonyl (C=O) groups is 2. The van der Waals surface area contributed by atoms with E-state index in [4.69, 9.17) is 11.6 Å². The molecule has 1 unspecified atom stereocenters. The largest absolute Gasteiger partial charge is 0.507 e. The fourth-order valence-electron chi connectivity index (χ4n) is 3.73. The van der Waals surface area contributed by atoms with E-state index in [-0.39, 0.29) is 17.2 Å². The highest BCUT2D eigenvalue weighted by atomic mass is 35.5. The number of carbonyl (C=O) groups excluding carboxylic acids is 2. The summed E-state index contributed by atoms with van der Waals surface area (Å²) in [7, 11) is 0. The molecule has 1 saturated heterocycles. The second-order valence-corrected chi connectivity index (χ2v) is 8.47. The van der Waals surface area contributed by atoms with Crippen LogP contribution >= 0.6 is 11.6 Å². The first kappa shape index (κ1) is 21.7. The Morgan fingerprint density at radius 3 is 2.19 bits per heavy atom. The molecule has 0 aliphatic carbocycles. The van der Waals surface area contributed by atoms with Crippen molar-refractivity contribution in [3.05, 3.63) is 93.6 Å². The number of Topliss-reactive ketones (excluding diaryl/α,β-unsaturated/α-hetero) is 1.